The second-order valence-corrected chi connectivity index (χ2v) is 16.1. The number of benzene rings is 2. The number of aromatic nitrogens is 1. The average Bonchev–Trinajstić information content (AvgIpc) is 3.33. The van der Waals surface area contributed by atoms with Crippen molar-refractivity contribution < 1.29 is 10.4 Å². The summed E-state index contributed by atoms with van der Waals surface area (Å²) >= 11 is 0. The van der Waals surface area contributed by atoms with Crippen molar-refractivity contribution in [3.05, 3.63) is 65.9 Å². The molecule has 0 bridgehead atoms. The minimum Gasteiger partial charge on any atom is -0.455 e. The van der Waals surface area contributed by atoms with E-state index < -0.39 is 14.0 Å². The van der Waals surface area contributed by atoms with E-state index in [1.807, 2.05) is 0 Å². The molecular weight excluding hydrogens is 406 g/mol. The number of para-hydroxylation sites is 1. The van der Waals surface area contributed by atoms with Gasteiger partial charge < -0.3 is 4.42 Å². The van der Waals surface area contributed by atoms with Crippen molar-refractivity contribution in [1.29, 1.82) is 0 Å². The lowest BCUT2D eigenvalue weighted by molar-refractivity contribution is -0.660. The Hall–Kier alpha value is -2.39. The molecule has 0 spiro atoms. The summed E-state index contributed by atoms with van der Waals surface area (Å²) in [5.74, 6) is 0.183. The van der Waals surface area contributed by atoms with Crippen molar-refractivity contribution in [2.45, 2.75) is 63.2 Å². The molecule has 1 aliphatic heterocycles. The van der Waals surface area contributed by atoms with Gasteiger partial charge in [-0.05, 0) is 54.3 Å². The van der Waals surface area contributed by atoms with Crippen LogP contribution in [0.15, 0.2) is 59.1 Å². The van der Waals surface area contributed by atoms with Crippen LogP contribution < -0.4 is 4.57 Å². The van der Waals surface area contributed by atoms with Gasteiger partial charge in [0.15, 0.2) is 6.20 Å². The molecule has 32 heavy (non-hydrogen) atoms. The van der Waals surface area contributed by atoms with E-state index in [0.717, 1.165) is 63.1 Å². The monoisotopic (exact) mass is 441 g/mol. The highest BCUT2D eigenvalue weighted by molar-refractivity contribution is 6.79. The first kappa shape index (κ1) is 19.1. The maximum atomic E-state index is 9.70. The zero-order chi connectivity index (χ0) is 23.0. The molecule has 1 aliphatic carbocycles. The fourth-order valence-corrected chi connectivity index (χ4v) is 10.6. The number of hydrogen-bond donors (Lipinski definition) is 0. The summed E-state index contributed by atoms with van der Waals surface area (Å²) in [4.78, 5) is 0. The van der Waals surface area contributed by atoms with Crippen LogP contribution in [0.3, 0.4) is 0 Å². The standard InChI is InChI=1S/C29H34NOSi/c1-19-13-14-24-23-11-7-10-22(21-17-20-9-8-16-32(3,4)26(20)18-21)28(23)31-29(24)27(19)25-12-5-6-15-30(25)2/h5-7,10-15,20-21,26H,8-9,16-18H2,1-4H3/q+1/i21D. The molecule has 164 valence electrons. The predicted octanol–water partition coefficient (Wildman–Crippen LogP) is 7.75. The molecule has 3 heterocycles. The molecule has 0 radical (unpaired) electrons. The van der Waals surface area contributed by atoms with Gasteiger partial charge in [-0.1, -0.05) is 62.3 Å². The van der Waals surface area contributed by atoms with Gasteiger partial charge in [-0.2, -0.15) is 0 Å². The molecule has 6 rings (SSSR count). The van der Waals surface area contributed by atoms with E-state index in [4.69, 9.17) is 4.42 Å². The summed E-state index contributed by atoms with van der Waals surface area (Å²) in [5, 5.41) is 2.31. The highest BCUT2D eigenvalue weighted by atomic mass is 28.3. The third kappa shape index (κ3) is 3.01. The second-order valence-electron chi connectivity index (χ2n) is 10.9. The van der Waals surface area contributed by atoms with Crippen LogP contribution in [0.4, 0.5) is 0 Å². The Morgan fingerprint density at radius 3 is 2.66 bits per heavy atom. The minimum atomic E-state index is -1.26. The van der Waals surface area contributed by atoms with Crippen LogP contribution in [0.5, 0.6) is 0 Å². The Kier molecular flexibility index (Phi) is 4.37. The Balaban J connectivity index is 1.56. The second kappa shape index (κ2) is 7.31. The number of pyridine rings is 1. The Labute approximate surface area is 193 Å². The molecule has 3 atom stereocenters. The summed E-state index contributed by atoms with van der Waals surface area (Å²) in [5.41, 5.74) is 7.29. The lowest BCUT2D eigenvalue weighted by atomic mass is 9.93. The molecule has 2 aromatic carbocycles. The minimum absolute atomic E-state index is 0.538. The Morgan fingerprint density at radius 1 is 1.00 bits per heavy atom. The van der Waals surface area contributed by atoms with E-state index in [2.05, 4.69) is 86.4 Å². The summed E-state index contributed by atoms with van der Waals surface area (Å²) in [7, 11) is 0.828. The number of rotatable bonds is 2. The van der Waals surface area contributed by atoms with E-state index in [-0.39, 0.29) is 0 Å². The van der Waals surface area contributed by atoms with Crippen molar-refractivity contribution >= 4 is 30.0 Å². The van der Waals surface area contributed by atoms with Crippen LogP contribution in [-0.4, -0.2) is 8.07 Å². The fourth-order valence-electron chi connectivity index (χ4n) is 6.76. The van der Waals surface area contributed by atoms with Crippen LogP contribution in [0.25, 0.3) is 33.2 Å². The Bertz CT molecular complexity index is 1390. The van der Waals surface area contributed by atoms with Gasteiger partial charge in [0.1, 0.15) is 18.2 Å². The fraction of sp³-hybridized carbons (Fsp3) is 0.414. The Morgan fingerprint density at radius 2 is 1.84 bits per heavy atom. The summed E-state index contributed by atoms with van der Waals surface area (Å²) in [6, 6.07) is 18.7. The van der Waals surface area contributed by atoms with E-state index in [9.17, 15) is 1.37 Å². The lowest BCUT2D eigenvalue weighted by Crippen LogP contribution is -2.37. The van der Waals surface area contributed by atoms with Crippen LogP contribution in [0.1, 0.15) is 44.1 Å². The van der Waals surface area contributed by atoms with Gasteiger partial charge in [-0.25, -0.2) is 4.57 Å². The molecule has 2 nitrogen and oxygen atoms in total. The summed E-state index contributed by atoms with van der Waals surface area (Å²) < 4.78 is 18.6. The highest BCUT2D eigenvalue weighted by Gasteiger charge is 2.46. The molecule has 0 N–H and O–H groups in total. The van der Waals surface area contributed by atoms with E-state index in [0.29, 0.717) is 0 Å². The van der Waals surface area contributed by atoms with E-state index in [1.165, 1.54) is 24.4 Å². The number of aryl methyl sites for hydroxylation is 2. The summed E-state index contributed by atoms with van der Waals surface area (Å²) in [6.07, 6.45) is 6.76. The van der Waals surface area contributed by atoms with Crippen molar-refractivity contribution in [3.8, 4) is 11.3 Å². The van der Waals surface area contributed by atoms with Crippen LogP contribution in [0, 0.1) is 12.8 Å². The molecule has 1 saturated carbocycles. The molecule has 2 fully saturated rings. The first-order valence-corrected chi connectivity index (χ1v) is 15.5. The van der Waals surface area contributed by atoms with Crippen molar-refractivity contribution in [3.63, 3.8) is 0 Å². The normalized spacial score (nSPS) is 27.6. The quantitative estimate of drug-likeness (QED) is 0.229. The molecule has 3 heteroatoms. The number of furan rings is 1. The van der Waals surface area contributed by atoms with Crippen molar-refractivity contribution in [1.82, 2.24) is 0 Å². The number of fused-ring (bicyclic) bond motifs is 4. The largest absolute Gasteiger partial charge is 0.455 e. The molecule has 3 unspecified atom stereocenters. The van der Waals surface area contributed by atoms with E-state index >= 15 is 0 Å². The van der Waals surface area contributed by atoms with Crippen LogP contribution >= 0.6 is 0 Å². The van der Waals surface area contributed by atoms with Gasteiger partial charge >= 0.3 is 0 Å². The predicted molar refractivity (Wildman–Crippen MR) is 136 cm³/mol. The maximum Gasteiger partial charge on any atom is 0.216 e. The van der Waals surface area contributed by atoms with Gasteiger partial charge in [-0.15, -0.1) is 0 Å². The van der Waals surface area contributed by atoms with Gasteiger partial charge in [0.05, 0.1) is 13.6 Å². The lowest BCUT2D eigenvalue weighted by Gasteiger charge is -2.39. The first-order valence-electron chi connectivity index (χ1n) is 12.7. The van der Waals surface area contributed by atoms with Gasteiger partial charge in [0.2, 0.25) is 5.69 Å². The summed E-state index contributed by atoms with van der Waals surface area (Å²) in [6.45, 7) is 7.29. The van der Waals surface area contributed by atoms with Gasteiger partial charge in [0.25, 0.3) is 0 Å². The third-order valence-corrected chi connectivity index (χ3v) is 12.8. The van der Waals surface area contributed by atoms with Crippen LogP contribution in [-0.2, 0) is 7.05 Å². The highest BCUT2D eigenvalue weighted by Crippen LogP contribution is 2.57. The molecule has 4 aromatic rings. The van der Waals surface area contributed by atoms with Crippen LogP contribution in [0.2, 0.25) is 24.7 Å². The first-order chi connectivity index (χ1) is 15.8. The zero-order valence-electron chi connectivity index (χ0n) is 20.7. The number of hydrogen-bond acceptors (Lipinski definition) is 1. The maximum absolute atomic E-state index is 9.70. The molecule has 2 aliphatic rings. The molecule has 1 saturated heterocycles. The smallest absolute Gasteiger partial charge is 0.216 e. The molecular formula is C29H34NOSi+. The van der Waals surface area contributed by atoms with E-state index in [1.54, 1.807) is 0 Å². The SMILES string of the molecule is [2H]C1(c2cccc3c2oc2c(-c4cccc[n+]4C)c(C)ccc23)CC2CCC[Si](C)(C)C2C1. The third-order valence-electron chi connectivity index (χ3n) is 8.51. The van der Waals surface area contributed by atoms with Crippen molar-refractivity contribution in [2.75, 3.05) is 0 Å². The van der Waals surface area contributed by atoms with Crippen molar-refractivity contribution in [2.24, 2.45) is 13.0 Å². The molecule has 2 aromatic heterocycles. The van der Waals surface area contributed by atoms with Gasteiger partial charge in [-0.3, -0.25) is 0 Å². The molecule has 0 amide bonds. The van der Waals surface area contributed by atoms with Gasteiger partial charge in [0, 0.05) is 24.3 Å². The average molecular weight is 442 g/mol. The topological polar surface area (TPSA) is 17.0 Å². The number of nitrogens with zero attached hydrogens (tertiary/aromatic N) is 1. The zero-order valence-corrected chi connectivity index (χ0v) is 20.7.